The molecule has 1 atom stereocenters. The minimum atomic E-state index is -0.351. The number of ether oxygens (including phenoxy) is 1. The first-order valence-corrected chi connectivity index (χ1v) is 14.1. The lowest BCUT2D eigenvalue weighted by atomic mass is 10.0. The number of hydrogen-bond acceptors (Lipinski definition) is 4. The van der Waals surface area contributed by atoms with Crippen LogP contribution in [0, 0.1) is 13.8 Å². The van der Waals surface area contributed by atoms with Crippen LogP contribution in [0.15, 0.2) is 12.1 Å². The number of carbonyl (C=O) groups excluding carboxylic acids is 1. The number of phenols is 1. The zero-order valence-electron chi connectivity index (χ0n) is 21.7. The number of hydrogen-bond donors (Lipinski definition) is 2. The Morgan fingerprint density at radius 2 is 1.18 bits per heavy atom. The van der Waals surface area contributed by atoms with Gasteiger partial charge in [0.1, 0.15) is 12.4 Å². The molecule has 0 radical (unpaired) electrons. The lowest BCUT2D eigenvalue weighted by Crippen LogP contribution is -2.18. The maximum Gasteiger partial charge on any atom is 0.319 e. The lowest BCUT2D eigenvalue weighted by molar-refractivity contribution is -0.144. The second kappa shape index (κ2) is 19.2. The molecule has 190 valence electrons. The highest BCUT2D eigenvalue weighted by Crippen LogP contribution is 2.23. The predicted molar refractivity (Wildman–Crippen MR) is 144 cm³/mol. The third kappa shape index (κ3) is 14.7. The van der Waals surface area contributed by atoms with E-state index in [9.17, 15) is 9.90 Å². The van der Waals surface area contributed by atoms with E-state index in [1.54, 1.807) is 0 Å². The van der Waals surface area contributed by atoms with Gasteiger partial charge in [-0.2, -0.15) is 12.6 Å². The molecule has 1 N–H and O–H groups in total. The first-order chi connectivity index (χ1) is 16.0. The SMILES string of the molecule is CCCCCCCCCCCCCCCCCCC(S)C(=O)OCc1cc(C)c(O)c(C)c1. The second-order valence-corrected chi connectivity index (χ2v) is 10.4. The van der Waals surface area contributed by atoms with Gasteiger partial charge in [0, 0.05) is 0 Å². The summed E-state index contributed by atoms with van der Waals surface area (Å²) in [5, 5.41) is 9.49. The smallest absolute Gasteiger partial charge is 0.319 e. The van der Waals surface area contributed by atoms with E-state index < -0.39 is 0 Å². The fourth-order valence-electron chi connectivity index (χ4n) is 4.38. The van der Waals surface area contributed by atoms with E-state index in [1.165, 1.54) is 96.3 Å². The van der Waals surface area contributed by atoms with Crippen molar-refractivity contribution in [2.24, 2.45) is 0 Å². The number of benzene rings is 1. The van der Waals surface area contributed by atoms with Crippen LogP contribution in [0.1, 0.15) is 133 Å². The molecule has 0 saturated heterocycles. The van der Waals surface area contributed by atoms with Crippen LogP contribution in [-0.2, 0) is 16.1 Å². The van der Waals surface area contributed by atoms with Crippen LogP contribution in [0.3, 0.4) is 0 Å². The summed E-state index contributed by atoms with van der Waals surface area (Å²) in [6.07, 6.45) is 22.3. The maximum absolute atomic E-state index is 12.2. The molecule has 0 amide bonds. The van der Waals surface area contributed by atoms with Gasteiger partial charge in [0.2, 0.25) is 0 Å². The summed E-state index contributed by atoms with van der Waals surface area (Å²) in [5.74, 6) is 0.0586. The summed E-state index contributed by atoms with van der Waals surface area (Å²) >= 11 is 4.44. The highest BCUT2D eigenvalue weighted by atomic mass is 32.1. The van der Waals surface area contributed by atoms with Gasteiger partial charge in [0.25, 0.3) is 0 Å². The van der Waals surface area contributed by atoms with E-state index in [-0.39, 0.29) is 17.8 Å². The standard InChI is InChI=1S/C29H50O3S/c1-4-5-6-7-8-9-10-11-12-13-14-15-16-17-18-19-20-27(33)29(31)32-23-26-21-24(2)28(30)25(3)22-26/h21-22,27,30,33H,4-20,23H2,1-3H3. The topological polar surface area (TPSA) is 46.5 Å². The van der Waals surface area contributed by atoms with E-state index >= 15 is 0 Å². The average Bonchev–Trinajstić information content (AvgIpc) is 2.80. The Kier molecular flexibility index (Phi) is 17.4. The highest BCUT2D eigenvalue weighted by molar-refractivity contribution is 7.81. The Bertz CT molecular complexity index is 621. The molecular formula is C29H50O3S. The quantitative estimate of drug-likeness (QED) is 0.112. The molecule has 1 aromatic carbocycles. The molecule has 0 bridgehead atoms. The first-order valence-electron chi connectivity index (χ1n) is 13.6. The fourth-order valence-corrected chi connectivity index (χ4v) is 4.64. The highest BCUT2D eigenvalue weighted by Gasteiger charge is 2.15. The van der Waals surface area contributed by atoms with Crippen molar-refractivity contribution in [3.05, 3.63) is 28.8 Å². The van der Waals surface area contributed by atoms with E-state index in [0.29, 0.717) is 5.75 Å². The summed E-state index contributed by atoms with van der Waals surface area (Å²) in [6, 6.07) is 3.72. The number of carbonyl (C=O) groups is 1. The molecule has 4 heteroatoms. The van der Waals surface area contributed by atoms with Gasteiger partial charge in [-0.1, -0.05) is 110 Å². The summed E-state index contributed by atoms with van der Waals surface area (Å²) in [4.78, 5) is 12.2. The molecule has 0 heterocycles. The van der Waals surface area contributed by atoms with E-state index in [0.717, 1.165) is 29.5 Å². The lowest BCUT2D eigenvalue weighted by Gasteiger charge is -2.12. The van der Waals surface area contributed by atoms with Crippen LogP contribution in [0.4, 0.5) is 0 Å². The Labute approximate surface area is 209 Å². The number of unbranched alkanes of at least 4 members (excludes halogenated alkanes) is 15. The predicted octanol–water partition coefficient (Wildman–Crippen LogP) is 9.00. The summed E-state index contributed by atoms with van der Waals surface area (Å²) in [5.41, 5.74) is 2.51. The van der Waals surface area contributed by atoms with E-state index in [4.69, 9.17) is 4.74 Å². The molecule has 0 aromatic heterocycles. The molecule has 0 fully saturated rings. The molecule has 1 rings (SSSR count). The van der Waals surface area contributed by atoms with E-state index in [1.807, 2.05) is 26.0 Å². The fraction of sp³-hybridized carbons (Fsp3) is 0.759. The number of rotatable bonds is 20. The molecule has 1 unspecified atom stereocenters. The molecule has 0 aliphatic carbocycles. The number of aryl methyl sites for hydroxylation is 2. The van der Waals surface area contributed by atoms with Gasteiger partial charge in [-0.05, 0) is 49.1 Å². The van der Waals surface area contributed by atoms with Crippen molar-refractivity contribution in [1.82, 2.24) is 0 Å². The van der Waals surface area contributed by atoms with Crippen molar-refractivity contribution in [2.75, 3.05) is 0 Å². The normalized spacial score (nSPS) is 12.1. The maximum atomic E-state index is 12.2. The summed E-state index contributed by atoms with van der Waals surface area (Å²) in [6.45, 7) is 6.22. The molecule has 1 aromatic rings. The van der Waals surface area contributed by atoms with Crippen LogP contribution >= 0.6 is 12.6 Å². The zero-order valence-corrected chi connectivity index (χ0v) is 22.6. The Morgan fingerprint density at radius 3 is 1.61 bits per heavy atom. The molecule has 33 heavy (non-hydrogen) atoms. The van der Waals surface area contributed by atoms with Crippen molar-refractivity contribution in [2.45, 2.75) is 142 Å². The van der Waals surface area contributed by atoms with Crippen molar-refractivity contribution < 1.29 is 14.6 Å². The number of aromatic hydroxyl groups is 1. The van der Waals surface area contributed by atoms with Crippen molar-refractivity contribution in [3.8, 4) is 5.75 Å². The minimum Gasteiger partial charge on any atom is -0.507 e. The molecule has 0 spiro atoms. The Hall–Kier alpha value is -1.16. The van der Waals surface area contributed by atoms with Gasteiger partial charge in [0.15, 0.2) is 0 Å². The molecule has 0 aliphatic heterocycles. The van der Waals surface area contributed by atoms with Crippen molar-refractivity contribution in [3.63, 3.8) is 0 Å². The largest absolute Gasteiger partial charge is 0.507 e. The van der Waals surface area contributed by atoms with Crippen molar-refractivity contribution >= 4 is 18.6 Å². The number of phenolic OH excluding ortho intramolecular Hbond substituents is 1. The van der Waals surface area contributed by atoms with E-state index in [2.05, 4.69) is 19.6 Å². The molecule has 3 nitrogen and oxygen atoms in total. The molecule has 0 saturated carbocycles. The van der Waals surface area contributed by atoms with Gasteiger partial charge >= 0.3 is 5.97 Å². The zero-order chi connectivity index (χ0) is 24.3. The molecule has 0 aliphatic rings. The van der Waals surface area contributed by atoms with Gasteiger partial charge in [-0.3, -0.25) is 4.79 Å². The Balaban J connectivity index is 1.93. The van der Waals surface area contributed by atoms with Crippen LogP contribution < -0.4 is 0 Å². The third-order valence-corrected chi connectivity index (χ3v) is 7.00. The average molecular weight is 479 g/mol. The number of thiol groups is 1. The summed E-state index contributed by atoms with van der Waals surface area (Å²) < 4.78 is 5.42. The van der Waals surface area contributed by atoms with Crippen LogP contribution in [0.2, 0.25) is 0 Å². The minimum absolute atomic E-state index is 0.233. The second-order valence-electron chi connectivity index (χ2n) is 9.79. The van der Waals surface area contributed by atoms with Crippen LogP contribution in [0.25, 0.3) is 0 Å². The van der Waals surface area contributed by atoms with Crippen molar-refractivity contribution in [1.29, 1.82) is 0 Å². The third-order valence-electron chi connectivity index (χ3n) is 6.54. The van der Waals surface area contributed by atoms with Gasteiger partial charge in [0.05, 0.1) is 5.25 Å². The van der Waals surface area contributed by atoms with Gasteiger partial charge in [-0.25, -0.2) is 0 Å². The summed E-state index contributed by atoms with van der Waals surface area (Å²) in [7, 11) is 0. The molecular weight excluding hydrogens is 428 g/mol. The van der Waals surface area contributed by atoms with Gasteiger partial charge < -0.3 is 9.84 Å². The van der Waals surface area contributed by atoms with Crippen LogP contribution in [0.5, 0.6) is 5.75 Å². The monoisotopic (exact) mass is 478 g/mol. The number of esters is 1. The first kappa shape index (κ1) is 29.9. The van der Waals surface area contributed by atoms with Gasteiger partial charge in [-0.15, -0.1) is 0 Å². The van der Waals surface area contributed by atoms with Crippen LogP contribution in [-0.4, -0.2) is 16.3 Å². The Morgan fingerprint density at radius 1 is 0.788 bits per heavy atom.